The van der Waals surface area contributed by atoms with Crippen LogP contribution >= 0.6 is 35.6 Å². The first kappa shape index (κ1) is 21.5. The van der Waals surface area contributed by atoms with Crippen molar-refractivity contribution in [3.8, 4) is 0 Å². The summed E-state index contributed by atoms with van der Waals surface area (Å²) < 4.78 is 0. The molecule has 1 aliphatic heterocycles. The molecular weight excluding hydrogens is 437 g/mol. The zero-order chi connectivity index (χ0) is 16.5. The molecule has 1 aromatic rings. The molecule has 0 aliphatic carbocycles. The molecule has 1 saturated heterocycles. The smallest absolute Gasteiger partial charge is 0.191 e. The van der Waals surface area contributed by atoms with Crippen molar-refractivity contribution in [2.24, 2.45) is 4.99 Å². The second-order valence-electron chi connectivity index (χ2n) is 5.94. The SMILES string of the molecule is CN=C(NCCN1CCCN(C)CC1)NCc1ccccc1Cl.I. The van der Waals surface area contributed by atoms with Gasteiger partial charge in [-0.05, 0) is 38.2 Å². The summed E-state index contributed by atoms with van der Waals surface area (Å²) in [5.41, 5.74) is 1.08. The molecule has 136 valence electrons. The minimum Gasteiger partial charge on any atom is -0.355 e. The summed E-state index contributed by atoms with van der Waals surface area (Å²) in [5.74, 6) is 0.817. The molecule has 7 heteroatoms. The van der Waals surface area contributed by atoms with Gasteiger partial charge in [0.15, 0.2) is 5.96 Å². The molecule has 24 heavy (non-hydrogen) atoms. The summed E-state index contributed by atoms with van der Waals surface area (Å²) in [6.07, 6.45) is 1.25. The van der Waals surface area contributed by atoms with E-state index in [0.29, 0.717) is 6.54 Å². The van der Waals surface area contributed by atoms with Crippen LogP contribution in [0.1, 0.15) is 12.0 Å². The lowest BCUT2D eigenvalue weighted by atomic mass is 10.2. The maximum Gasteiger partial charge on any atom is 0.191 e. The van der Waals surface area contributed by atoms with Crippen LogP contribution < -0.4 is 10.6 Å². The standard InChI is InChI=1S/C17H28ClN5.HI/c1-19-17(21-14-15-6-3-4-7-16(15)18)20-8-11-23-10-5-9-22(2)12-13-23;/h3-4,6-7H,5,8-14H2,1-2H3,(H2,19,20,21);1H. The van der Waals surface area contributed by atoms with Crippen LogP contribution in [0.15, 0.2) is 29.3 Å². The molecule has 1 heterocycles. The molecule has 0 aromatic heterocycles. The average molecular weight is 466 g/mol. The molecule has 2 N–H and O–H groups in total. The van der Waals surface area contributed by atoms with Crippen LogP contribution in [0.2, 0.25) is 5.02 Å². The maximum absolute atomic E-state index is 6.17. The van der Waals surface area contributed by atoms with Crippen LogP contribution in [0, 0.1) is 0 Å². The number of guanidine groups is 1. The quantitative estimate of drug-likeness (QED) is 0.398. The highest BCUT2D eigenvalue weighted by Gasteiger charge is 2.11. The number of nitrogens with zero attached hydrogens (tertiary/aromatic N) is 3. The molecule has 2 rings (SSSR count). The van der Waals surface area contributed by atoms with E-state index in [0.717, 1.165) is 42.7 Å². The molecule has 1 fully saturated rings. The topological polar surface area (TPSA) is 42.9 Å². The zero-order valence-corrected chi connectivity index (χ0v) is 17.7. The van der Waals surface area contributed by atoms with Crippen molar-refractivity contribution >= 4 is 41.5 Å². The van der Waals surface area contributed by atoms with E-state index in [9.17, 15) is 0 Å². The minimum atomic E-state index is 0. The fourth-order valence-electron chi connectivity index (χ4n) is 2.70. The summed E-state index contributed by atoms with van der Waals surface area (Å²) in [5, 5.41) is 7.47. The highest BCUT2D eigenvalue weighted by molar-refractivity contribution is 14.0. The van der Waals surface area contributed by atoms with Crippen molar-refractivity contribution in [3.63, 3.8) is 0 Å². The van der Waals surface area contributed by atoms with Gasteiger partial charge in [-0.3, -0.25) is 4.99 Å². The third-order valence-corrected chi connectivity index (χ3v) is 4.53. The first-order valence-electron chi connectivity index (χ1n) is 8.28. The molecule has 5 nitrogen and oxygen atoms in total. The molecule has 0 amide bonds. The average Bonchev–Trinajstić information content (AvgIpc) is 2.76. The summed E-state index contributed by atoms with van der Waals surface area (Å²) in [6, 6.07) is 7.87. The number of nitrogens with one attached hydrogen (secondary N) is 2. The number of rotatable bonds is 5. The van der Waals surface area contributed by atoms with Crippen LogP contribution in [0.4, 0.5) is 0 Å². The van der Waals surface area contributed by atoms with E-state index in [-0.39, 0.29) is 24.0 Å². The first-order chi connectivity index (χ1) is 11.2. The van der Waals surface area contributed by atoms with E-state index in [1.807, 2.05) is 24.3 Å². The van der Waals surface area contributed by atoms with Crippen molar-refractivity contribution in [2.75, 3.05) is 53.4 Å². The molecule has 0 bridgehead atoms. The van der Waals surface area contributed by atoms with E-state index in [4.69, 9.17) is 11.6 Å². The van der Waals surface area contributed by atoms with Crippen molar-refractivity contribution in [1.29, 1.82) is 0 Å². The number of benzene rings is 1. The van der Waals surface area contributed by atoms with Gasteiger partial charge >= 0.3 is 0 Å². The van der Waals surface area contributed by atoms with Gasteiger partial charge in [-0.1, -0.05) is 29.8 Å². The number of hydrogen-bond donors (Lipinski definition) is 2. The van der Waals surface area contributed by atoms with E-state index in [2.05, 4.69) is 32.5 Å². The van der Waals surface area contributed by atoms with Crippen molar-refractivity contribution in [2.45, 2.75) is 13.0 Å². The van der Waals surface area contributed by atoms with E-state index < -0.39 is 0 Å². The lowest BCUT2D eigenvalue weighted by Crippen LogP contribution is -2.42. The molecule has 0 saturated carbocycles. The van der Waals surface area contributed by atoms with Crippen LogP contribution in [-0.4, -0.2) is 69.1 Å². The minimum absolute atomic E-state index is 0. The van der Waals surface area contributed by atoms with Gasteiger partial charge in [-0.2, -0.15) is 0 Å². The summed E-state index contributed by atoms with van der Waals surface area (Å²) >= 11 is 6.17. The normalized spacial score (nSPS) is 17.0. The third kappa shape index (κ3) is 7.55. The van der Waals surface area contributed by atoms with Gasteiger partial charge in [-0.15, -0.1) is 24.0 Å². The predicted molar refractivity (Wildman–Crippen MR) is 114 cm³/mol. The Hall–Kier alpha value is -0.570. The Bertz CT molecular complexity index is 512. The highest BCUT2D eigenvalue weighted by atomic mass is 127. The largest absolute Gasteiger partial charge is 0.355 e. The van der Waals surface area contributed by atoms with Crippen molar-refractivity contribution in [1.82, 2.24) is 20.4 Å². The van der Waals surface area contributed by atoms with Crippen molar-refractivity contribution in [3.05, 3.63) is 34.9 Å². The summed E-state index contributed by atoms with van der Waals surface area (Å²) in [7, 11) is 3.99. The lowest BCUT2D eigenvalue weighted by molar-refractivity contribution is 0.280. The van der Waals surface area contributed by atoms with Gasteiger partial charge < -0.3 is 20.4 Å². The molecule has 1 aromatic carbocycles. The Morgan fingerprint density at radius 3 is 2.71 bits per heavy atom. The Balaban J connectivity index is 0.00000288. The Kier molecular flexibility index (Phi) is 10.6. The number of likely N-dealkylation sites (N-methyl/N-ethyl adjacent to an activating group) is 1. The highest BCUT2D eigenvalue weighted by Crippen LogP contribution is 2.14. The van der Waals surface area contributed by atoms with Crippen LogP contribution in [0.25, 0.3) is 0 Å². The van der Waals surface area contributed by atoms with Gasteiger partial charge in [0.25, 0.3) is 0 Å². The van der Waals surface area contributed by atoms with Gasteiger partial charge in [0, 0.05) is 44.8 Å². The summed E-state index contributed by atoms with van der Waals surface area (Å²) in [4.78, 5) is 9.18. The van der Waals surface area contributed by atoms with E-state index >= 15 is 0 Å². The molecular formula is C17H29ClIN5. The molecule has 0 unspecified atom stereocenters. The maximum atomic E-state index is 6.17. The Labute approximate surface area is 167 Å². The first-order valence-corrected chi connectivity index (χ1v) is 8.65. The second-order valence-corrected chi connectivity index (χ2v) is 6.35. The Morgan fingerprint density at radius 1 is 1.17 bits per heavy atom. The zero-order valence-electron chi connectivity index (χ0n) is 14.6. The molecule has 0 radical (unpaired) electrons. The number of hydrogen-bond acceptors (Lipinski definition) is 3. The lowest BCUT2D eigenvalue weighted by Gasteiger charge is -2.21. The molecule has 0 spiro atoms. The Morgan fingerprint density at radius 2 is 1.96 bits per heavy atom. The van der Waals surface area contributed by atoms with Gasteiger partial charge in [-0.25, -0.2) is 0 Å². The number of aliphatic imine (C=N–C) groups is 1. The van der Waals surface area contributed by atoms with Crippen molar-refractivity contribution < 1.29 is 0 Å². The van der Waals surface area contributed by atoms with Crippen LogP contribution in [0.3, 0.4) is 0 Å². The fourth-order valence-corrected chi connectivity index (χ4v) is 2.90. The van der Waals surface area contributed by atoms with Gasteiger partial charge in [0.2, 0.25) is 0 Å². The predicted octanol–water partition coefficient (Wildman–Crippen LogP) is 2.26. The van der Waals surface area contributed by atoms with E-state index in [1.54, 1.807) is 7.05 Å². The third-order valence-electron chi connectivity index (χ3n) is 4.16. The number of halogens is 2. The summed E-state index contributed by atoms with van der Waals surface area (Å²) in [6.45, 7) is 7.28. The molecule has 0 atom stereocenters. The van der Waals surface area contributed by atoms with Crippen LogP contribution in [0.5, 0.6) is 0 Å². The second kappa shape index (κ2) is 11.9. The monoisotopic (exact) mass is 465 g/mol. The molecule has 1 aliphatic rings. The van der Waals surface area contributed by atoms with E-state index in [1.165, 1.54) is 19.5 Å². The van der Waals surface area contributed by atoms with Crippen LogP contribution in [-0.2, 0) is 6.54 Å². The van der Waals surface area contributed by atoms with Gasteiger partial charge in [0.05, 0.1) is 0 Å². The van der Waals surface area contributed by atoms with Gasteiger partial charge in [0.1, 0.15) is 0 Å². The fraction of sp³-hybridized carbons (Fsp3) is 0.588.